The summed E-state index contributed by atoms with van der Waals surface area (Å²) in [6, 6.07) is 7.44. The molecule has 1 aromatic carbocycles. The standard InChI is InChI=1S/C11H15NO/c1-2-3-4-9-13-11-7-5-10(12)6-8-11/h2-3,5-8H,4,9,12H2,1H3. The lowest BCUT2D eigenvalue weighted by molar-refractivity contribution is 0.325. The van der Waals surface area contributed by atoms with Crippen LogP contribution in [-0.2, 0) is 0 Å². The lowest BCUT2D eigenvalue weighted by Crippen LogP contribution is -1.95. The van der Waals surface area contributed by atoms with Gasteiger partial charge in [0.15, 0.2) is 0 Å². The number of hydrogen-bond donors (Lipinski definition) is 1. The van der Waals surface area contributed by atoms with Crippen molar-refractivity contribution in [2.45, 2.75) is 13.3 Å². The Labute approximate surface area is 79.0 Å². The summed E-state index contributed by atoms with van der Waals surface area (Å²) in [5.41, 5.74) is 6.30. The highest BCUT2D eigenvalue weighted by atomic mass is 16.5. The normalized spacial score (nSPS) is 10.5. The molecule has 0 amide bonds. The summed E-state index contributed by atoms with van der Waals surface area (Å²) in [6.07, 6.45) is 5.05. The summed E-state index contributed by atoms with van der Waals surface area (Å²) in [6.45, 7) is 2.72. The summed E-state index contributed by atoms with van der Waals surface area (Å²) in [5, 5.41) is 0. The fourth-order valence-corrected chi connectivity index (χ4v) is 0.976. The molecule has 0 radical (unpaired) electrons. The first-order chi connectivity index (χ1) is 6.33. The Balaban J connectivity index is 2.33. The van der Waals surface area contributed by atoms with E-state index in [9.17, 15) is 0 Å². The molecule has 13 heavy (non-hydrogen) atoms. The van der Waals surface area contributed by atoms with Crippen LogP contribution in [0.2, 0.25) is 0 Å². The first-order valence-corrected chi connectivity index (χ1v) is 4.42. The van der Waals surface area contributed by atoms with Gasteiger partial charge in [0, 0.05) is 5.69 Å². The van der Waals surface area contributed by atoms with E-state index < -0.39 is 0 Å². The van der Waals surface area contributed by atoms with E-state index in [4.69, 9.17) is 10.5 Å². The highest BCUT2D eigenvalue weighted by Crippen LogP contribution is 2.12. The highest BCUT2D eigenvalue weighted by molar-refractivity contribution is 5.41. The summed E-state index contributed by atoms with van der Waals surface area (Å²) in [5.74, 6) is 0.874. The molecular weight excluding hydrogens is 162 g/mol. The number of nitrogens with two attached hydrogens (primary N) is 1. The van der Waals surface area contributed by atoms with Gasteiger partial charge in [-0.25, -0.2) is 0 Å². The topological polar surface area (TPSA) is 35.2 Å². The third kappa shape index (κ3) is 3.65. The quantitative estimate of drug-likeness (QED) is 0.436. The molecule has 2 nitrogen and oxygen atoms in total. The second-order valence-electron chi connectivity index (χ2n) is 2.78. The predicted molar refractivity (Wildman–Crippen MR) is 55.8 cm³/mol. The van der Waals surface area contributed by atoms with Crippen LogP contribution in [0.3, 0.4) is 0 Å². The molecule has 0 aliphatic heterocycles. The van der Waals surface area contributed by atoms with E-state index in [1.165, 1.54) is 0 Å². The monoisotopic (exact) mass is 177 g/mol. The van der Waals surface area contributed by atoms with E-state index in [1.807, 2.05) is 37.3 Å². The molecule has 0 fully saturated rings. The van der Waals surface area contributed by atoms with Gasteiger partial charge in [0.05, 0.1) is 6.61 Å². The maximum Gasteiger partial charge on any atom is 0.119 e. The van der Waals surface area contributed by atoms with Crippen molar-refractivity contribution in [3.63, 3.8) is 0 Å². The summed E-state index contributed by atoms with van der Waals surface area (Å²) >= 11 is 0. The number of nitrogen functional groups attached to an aromatic ring is 1. The maximum absolute atomic E-state index is 5.54. The number of benzene rings is 1. The second-order valence-corrected chi connectivity index (χ2v) is 2.78. The van der Waals surface area contributed by atoms with Gasteiger partial charge in [-0.15, -0.1) is 0 Å². The Kier molecular flexibility index (Phi) is 3.89. The zero-order chi connectivity index (χ0) is 9.52. The van der Waals surface area contributed by atoms with E-state index in [0.717, 1.165) is 17.9 Å². The SMILES string of the molecule is CC=CCCOc1ccc(N)cc1. The summed E-state index contributed by atoms with van der Waals surface area (Å²) in [4.78, 5) is 0. The molecule has 0 heterocycles. The molecular formula is C11H15NO. The van der Waals surface area contributed by atoms with E-state index in [-0.39, 0.29) is 0 Å². The van der Waals surface area contributed by atoms with Crippen molar-refractivity contribution in [3.8, 4) is 5.75 Å². The molecule has 2 N–H and O–H groups in total. The number of hydrogen-bond acceptors (Lipinski definition) is 2. The minimum absolute atomic E-state index is 0.717. The molecule has 0 bridgehead atoms. The van der Waals surface area contributed by atoms with Crippen LogP contribution < -0.4 is 10.5 Å². The van der Waals surface area contributed by atoms with Crippen LogP contribution in [0.15, 0.2) is 36.4 Å². The van der Waals surface area contributed by atoms with Gasteiger partial charge in [0.2, 0.25) is 0 Å². The molecule has 0 atom stereocenters. The van der Waals surface area contributed by atoms with E-state index >= 15 is 0 Å². The van der Waals surface area contributed by atoms with E-state index in [0.29, 0.717) is 6.61 Å². The molecule has 0 spiro atoms. The van der Waals surface area contributed by atoms with E-state index in [2.05, 4.69) is 6.08 Å². The largest absolute Gasteiger partial charge is 0.493 e. The van der Waals surface area contributed by atoms with Gasteiger partial charge in [-0.1, -0.05) is 12.2 Å². The average molecular weight is 177 g/mol. The van der Waals surface area contributed by atoms with Gasteiger partial charge in [-0.3, -0.25) is 0 Å². The van der Waals surface area contributed by atoms with Crippen LogP contribution in [0.1, 0.15) is 13.3 Å². The van der Waals surface area contributed by atoms with Crippen molar-refractivity contribution in [2.75, 3.05) is 12.3 Å². The lowest BCUT2D eigenvalue weighted by atomic mass is 10.3. The smallest absolute Gasteiger partial charge is 0.119 e. The van der Waals surface area contributed by atoms with Crippen LogP contribution >= 0.6 is 0 Å². The molecule has 2 heteroatoms. The third-order valence-electron chi connectivity index (χ3n) is 1.67. The average Bonchev–Trinajstić information content (AvgIpc) is 2.15. The Morgan fingerprint density at radius 1 is 1.31 bits per heavy atom. The molecule has 0 saturated carbocycles. The molecule has 1 rings (SSSR count). The van der Waals surface area contributed by atoms with Crippen molar-refractivity contribution in [2.24, 2.45) is 0 Å². The number of allylic oxidation sites excluding steroid dienone is 1. The molecule has 1 aromatic rings. The molecule has 70 valence electrons. The maximum atomic E-state index is 5.54. The number of rotatable bonds is 4. The van der Waals surface area contributed by atoms with Crippen molar-refractivity contribution in [3.05, 3.63) is 36.4 Å². The van der Waals surface area contributed by atoms with Gasteiger partial charge in [0.25, 0.3) is 0 Å². The molecule has 0 aliphatic carbocycles. The fraction of sp³-hybridized carbons (Fsp3) is 0.273. The predicted octanol–water partition coefficient (Wildman–Crippen LogP) is 2.61. The minimum Gasteiger partial charge on any atom is -0.493 e. The summed E-state index contributed by atoms with van der Waals surface area (Å²) < 4.78 is 5.46. The Hall–Kier alpha value is -1.44. The Morgan fingerprint density at radius 3 is 2.62 bits per heavy atom. The lowest BCUT2D eigenvalue weighted by Gasteiger charge is -2.03. The van der Waals surface area contributed by atoms with Crippen molar-refractivity contribution >= 4 is 5.69 Å². The minimum atomic E-state index is 0.717. The van der Waals surface area contributed by atoms with Crippen LogP contribution in [0.4, 0.5) is 5.69 Å². The van der Waals surface area contributed by atoms with Gasteiger partial charge in [0.1, 0.15) is 5.75 Å². The van der Waals surface area contributed by atoms with Gasteiger partial charge >= 0.3 is 0 Å². The van der Waals surface area contributed by atoms with Crippen LogP contribution in [-0.4, -0.2) is 6.61 Å². The molecule has 0 aromatic heterocycles. The van der Waals surface area contributed by atoms with Crippen LogP contribution in [0, 0.1) is 0 Å². The highest BCUT2D eigenvalue weighted by Gasteiger charge is 1.90. The zero-order valence-electron chi connectivity index (χ0n) is 7.86. The first-order valence-electron chi connectivity index (χ1n) is 4.42. The fourth-order valence-electron chi connectivity index (χ4n) is 0.976. The first kappa shape index (κ1) is 9.65. The van der Waals surface area contributed by atoms with E-state index in [1.54, 1.807) is 0 Å². The van der Waals surface area contributed by atoms with Gasteiger partial charge in [-0.05, 0) is 37.6 Å². The number of ether oxygens (including phenoxy) is 1. The second kappa shape index (κ2) is 5.25. The van der Waals surface area contributed by atoms with Gasteiger partial charge in [-0.2, -0.15) is 0 Å². The van der Waals surface area contributed by atoms with Crippen molar-refractivity contribution < 1.29 is 4.74 Å². The Morgan fingerprint density at radius 2 is 2.00 bits per heavy atom. The molecule has 0 aliphatic rings. The molecule has 0 saturated heterocycles. The Bertz CT molecular complexity index is 264. The number of anilines is 1. The summed E-state index contributed by atoms with van der Waals surface area (Å²) in [7, 11) is 0. The molecule has 0 unspecified atom stereocenters. The van der Waals surface area contributed by atoms with Crippen LogP contribution in [0.25, 0.3) is 0 Å². The van der Waals surface area contributed by atoms with Gasteiger partial charge < -0.3 is 10.5 Å². The third-order valence-corrected chi connectivity index (χ3v) is 1.67. The van der Waals surface area contributed by atoms with Crippen LogP contribution in [0.5, 0.6) is 5.75 Å². The van der Waals surface area contributed by atoms with Crippen molar-refractivity contribution in [1.29, 1.82) is 0 Å². The zero-order valence-corrected chi connectivity index (χ0v) is 7.86. The van der Waals surface area contributed by atoms with Crippen molar-refractivity contribution in [1.82, 2.24) is 0 Å².